The molecule has 164 valence electrons. The maximum Gasteiger partial charge on any atom is 0.337 e. The van der Waals surface area contributed by atoms with Gasteiger partial charge in [-0.15, -0.1) is 11.3 Å². The number of hydrogen-bond acceptors (Lipinski definition) is 7. The van der Waals surface area contributed by atoms with Crippen molar-refractivity contribution in [2.24, 2.45) is 0 Å². The van der Waals surface area contributed by atoms with Gasteiger partial charge < -0.3 is 10.1 Å². The van der Waals surface area contributed by atoms with Crippen molar-refractivity contribution in [1.82, 2.24) is 14.1 Å². The number of rotatable bonds is 7. The number of ether oxygens (including phenoxy) is 1. The number of hydrogen-bond donors (Lipinski definition) is 1. The van der Waals surface area contributed by atoms with Gasteiger partial charge >= 0.3 is 5.69 Å². The SMILES string of the molecule is CCOc1ccccc1NC(=O)Cn1c(=O)n(-c2ccccc2)c(=O)c2sc(SC)nc21. The van der Waals surface area contributed by atoms with Crippen molar-refractivity contribution >= 4 is 45.0 Å². The summed E-state index contributed by atoms with van der Waals surface area (Å²) in [4.78, 5) is 43.8. The van der Waals surface area contributed by atoms with Gasteiger partial charge in [-0.25, -0.2) is 14.3 Å². The number of nitrogens with one attached hydrogen (secondary N) is 1. The summed E-state index contributed by atoms with van der Waals surface area (Å²) in [6.45, 7) is 2.00. The van der Waals surface area contributed by atoms with E-state index in [1.165, 1.54) is 27.7 Å². The number of amides is 1. The summed E-state index contributed by atoms with van der Waals surface area (Å²) < 4.78 is 8.82. The molecule has 1 amide bonds. The Bertz CT molecular complexity index is 1390. The molecule has 0 atom stereocenters. The van der Waals surface area contributed by atoms with Gasteiger partial charge in [0.15, 0.2) is 9.99 Å². The molecule has 10 heteroatoms. The first kappa shape index (κ1) is 21.8. The lowest BCUT2D eigenvalue weighted by atomic mass is 10.3. The van der Waals surface area contributed by atoms with E-state index in [4.69, 9.17) is 4.74 Å². The normalized spacial score (nSPS) is 10.9. The van der Waals surface area contributed by atoms with Crippen LogP contribution in [0.5, 0.6) is 5.75 Å². The van der Waals surface area contributed by atoms with Crippen molar-refractivity contribution < 1.29 is 9.53 Å². The third kappa shape index (κ3) is 4.19. The Hall–Kier alpha value is -3.37. The Morgan fingerprint density at radius 1 is 1.12 bits per heavy atom. The maximum atomic E-state index is 13.3. The molecule has 0 radical (unpaired) electrons. The average Bonchev–Trinajstić information content (AvgIpc) is 3.24. The molecule has 0 spiro atoms. The molecule has 0 aliphatic rings. The zero-order valence-electron chi connectivity index (χ0n) is 17.4. The molecular formula is C22H20N4O4S2. The highest BCUT2D eigenvalue weighted by Crippen LogP contribution is 2.26. The molecule has 1 N–H and O–H groups in total. The summed E-state index contributed by atoms with van der Waals surface area (Å²) >= 11 is 2.58. The van der Waals surface area contributed by atoms with Gasteiger partial charge in [-0.3, -0.25) is 14.2 Å². The number of thioether (sulfide) groups is 1. The second-order valence-electron chi connectivity index (χ2n) is 6.66. The summed E-state index contributed by atoms with van der Waals surface area (Å²) in [7, 11) is 0. The fourth-order valence-corrected chi connectivity index (χ4v) is 4.73. The number of anilines is 1. The van der Waals surface area contributed by atoms with Crippen LogP contribution in [0.25, 0.3) is 16.0 Å². The lowest BCUT2D eigenvalue weighted by Gasteiger charge is -2.13. The number of carbonyl (C=O) groups is 1. The first-order valence-corrected chi connectivity index (χ1v) is 11.8. The van der Waals surface area contributed by atoms with Crippen molar-refractivity contribution in [3.05, 3.63) is 75.4 Å². The van der Waals surface area contributed by atoms with Gasteiger partial charge in [0, 0.05) is 0 Å². The van der Waals surface area contributed by atoms with E-state index in [2.05, 4.69) is 10.3 Å². The lowest BCUT2D eigenvalue weighted by Crippen LogP contribution is -2.40. The third-order valence-electron chi connectivity index (χ3n) is 4.62. The number of carbonyl (C=O) groups excluding carboxylic acids is 1. The standard InChI is InChI=1S/C22H20N4O4S2/c1-3-30-16-12-8-7-11-15(16)23-17(27)13-25-19-18(32-21(24-19)31-2)20(28)26(22(25)29)14-9-5-4-6-10-14/h4-12H,3,13H2,1-2H3,(H,23,27). The van der Waals surface area contributed by atoms with Crippen molar-refractivity contribution in [3.63, 3.8) is 0 Å². The number of nitrogens with zero attached hydrogens (tertiary/aromatic N) is 3. The Balaban J connectivity index is 1.80. The van der Waals surface area contributed by atoms with Gasteiger partial charge in [0.2, 0.25) is 5.91 Å². The van der Waals surface area contributed by atoms with Crippen molar-refractivity contribution in [3.8, 4) is 11.4 Å². The predicted octanol–water partition coefficient (Wildman–Crippen LogP) is 3.37. The molecule has 0 saturated carbocycles. The molecule has 4 aromatic rings. The van der Waals surface area contributed by atoms with Crippen molar-refractivity contribution in [1.29, 1.82) is 0 Å². The van der Waals surface area contributed by atoms with Crippen LogP contribution in [-0.2, 0) is 11.3 Å². The van der Waals surface area contributed by atoms with Crippen LogP contribution in [0.15, 0.2) is 68.5 Å². The summed E-state index contributed by atoms with van der Waals surface area (Å²) in [6.07, 6.45) is 1.84. The molecule has 0 unspecified atom stereocenters. The van der Waals surface area contributed by atoms with Gasteiger partial charge in [0.1, 0.15) is 17.0 Å². The van der Waals surface area contributed by atoms with Crippen LogP contribution in [-0.4, -0.2) is 32.9 Å². The molecule has 2 aromatic carbocycles. The van der Waals surface area contributed by atoms with E-state index in [9.17, 15) is 14.4 Å². The smallest absolute Gasteiger partial charge is 0.337 e. The van der Waals surface area contributed by atoms with E-state index in [-0.39, 0.29) is 12.2 Å². The Morgan fingerprint density at radius 2 is 1.84 bits per heavy atom. The van der Waals surface area contributed by atoms with Crippen LogP contribution in [0.4, 0.5) is 5.69 Å². The van der Waals surface area contributed by atoms with Gasteiger partial charge in [-0.2, -0.15) is 0 Å². The number of benzene rings is 2. The van der Waals surface area contributed by atoms with Crippen molar-refractivity contribution in [2.75, 3.05) is 18.2 Å². The number of para-hydroxylation sites is 3. The average molecular weight is 469 g/mol. The van der Waals surface area contributed by atoms with E-state index in [1.807, 2.05) is 19.2 Å². The van der Waals surface area contributed by atoms with Crippen molar-refractivity contribution in [2.45, 2.75) is 17.8 Å². The summed E-state index contributed by atoms with van der Waals surface area (Å²) in [5, 5.41) is 2.79. The molecule has 0 bridgehead atoms. The van der Waals surface area contributed by atoms with E-state index in [1.54, 1.807) is 48.5 Å². The third-order valence-corrected chi connectivity index (χ3v) is 6.63. The van der Waals surface area contributed by atoms with Gasteiger partial charge in [0.25, 0.3) is 5.56 Å². The molecule has 0 aliphatic carbocycles. The minimum atomic E-state index is -0.625. The maximum absolute atomic E-state index is 13.3. The van der Waals surface area contributed by atoms with Gasteiger partial charge in [0.05, 0.1) is 18.0 Å². The highest BCUT2D eigenvalue weighted by Gasteiger charge is 2.20. The fourth-order valence-electron chi connectivity index (χ4n) is 3.23. The van der Waals surface area contributed by atoms with Crippen LogP contribution in [0.1, 0.15) is 6.92 Å². The lowest BCUT2D eigenvalue weighted by molar-refractivity contribution is -0.116. The Morgan fingerprint density at radius 3 is 2.56 bits per heavy atom. The summed E-state index contributed by atoms with van der Waals surface area (Å²) in [5.41, 5.74) is 0.0597. The van der Waals surface area contributed by atoms with Crippen LogP contribution in [0, 0.1) is 0 Å². The van der Waals surface area contributed by atoms with Crippen LogP contribution >= 0.6 is 23.1 Å². The molecule has 8 nitrogen and oxygen atoms in total. The Labute approximate surface area is 191 Å². The highest BCUT2D eigenvalue weighted by molar-refractivity contribution is 8.00. The Kier molecular flexibility index (Phi) is 6.42. The first-order chi connectivity index (χ1) is 15.5. The molecule has 4 rings (SSSR count). The first-order valence-electron chi connectivity index (χ1n) is 9.81. The quantitative estimate of drug-likeness (QED) is 0.418. The van der Waals surface area contributed by atoms with E-state index in [0.717, 1.165) is 4.57 Å². The molecular weight excluding hydrogens is 448 g/mol. The monoisotopic (exact) mass is 468 g/mol. The van der Waals surface area contributed by atoms with Gasteiger partial charge in [-0.05, 0) is 37.4 Å². The van der Waals surface area contributed by atoms with Crippen LogP contribution < -0.4 is 21.3 Å². The molecule has 0 fully saturated rings. The second kappa shape index (κ2) is 9.41. The summed E-state index contributed by atoms with van der Waals surface area (Å²) in [6, 6.07) is 15.7. The zero-order valence-corrected chi connectivity index (χ0v) is 19.0. The summed E-state index contributed by atoms with van der Waals surface area (Å²) in [5.74, 6) is 0.103. The number of thiazole rings is 1. The highest BCUT2D eigenvalue weighted by atomic mass is 32.2. The van der Waals surface area contributed by atoms with Crippen LogP contribution in [0.3, 0.4) is 0 Å². The molecule has 2 aromatic heterocycles. The molecule has 32 heavy (non-hydrogen) atoms. The molecule has 2 heterocycles. The van der Waals surface area contributed by atoms with Crippen LogP contribution in [0.2, 0.25) is 0 Å². The minimum absolute atomic E-state index is 0.203. The predicted molar refractivity (Wildman–Crippen MR) is 127 cm³/mol. The molecule has 0 saturated heterocycles. The topological polar surface area (TPSA) is 95.2 Å². The largest absolute Gasteiger partial charge is 0.492 e. The van der Waals surface area contributed by atoms with Gasteiger partial charge in [-0.1, -0.05) is 42.1 Å². The number of fused-ring (bicyclic) bond motifs is 1. The minimum Gasteiger partial charge on any atom is -0.492 e. The zero-order chi connectivity index (χ0) is 22.7. The number of aromatic nitrogens is 3. The van der Waals surface area contributed by atoms with E-state index < -0.39 is 17.2 Å². The van der Waals surface area contributed by atoms with E-state index in [0.29, 0.717) is 32.8 Å². The molecule has 0 aliphatic heterocycles. The van der Waals surface area contributed by atoms with E-state index >= 15 is 0 Å². The second-order valence-corrected chi connectivity index (χ2v) is 8.71. The fraction of sp³-hybridized carbons (Fsp3) is 0.182.